The van der Waals surface area contributed by atoms with Gasteiger partial charge in [-0.3, -0.25) is 4.79 Å². The lowest BCUT2D eigenvalue weighted by atomic mass is 10.1. The van der Waals surface area contributed by atoms with Crippen LogP contribution in [-0.4, -0.2) is 37.1 Å². The van der Waals surface area contributed by atoms with Crippen LogP contribution in [0.5, 0.6) is 0 Å². The molecule has 0 unspecified atom stereocenters. The zero-order chi connectivity index (χ0) is 22.9. The third-order valence-electron chi connectivity index (χ3n) is 4.66. The fourth-order valence-electron chi connectivity index (χ4n) is 3.25. The molecule has 0 radical (unpaired) electrons. The first-order valence-corrected chi connectivity index (χ1v) is 11.4. The minimum absolute atomic E-state index is 0.122. The second kappa shape index (κ2) is 8.47. The highest BCUT2D eigenvalue weighted by Crippen LogP contribution is 2.31. The molecule has 0 bridgehead atoms. The van der Waals surface area contributed by atoms with Crippen molar-refractivity contribution in [2.75, 3.05) is 6.26 Å². The van der Waals surface area contributed by atoms with Crippen LogP contribution in [0.25, 0.3) is 16.9 Å². The van der Waals surface area contributed by atoms with E-state index in [-0.39, 0.29) is 10.5 Å². The van der Waals surface area contributed by atoms with Crippen LogP contribution in [0, 0.1) is 12.7 Å². The molecule has 0 amide bonds. The van der Waals surface area contributed by atoms with Gasteiger partial charge in [-0.2, -0.15) is 0 Å². The summed E-state index contributed by atoms with van der Waals surface area (Å²) in [6.45, 7) is 4.94. The van der Waals surface area contributed by atoms with Crippen molar-refractivity contribution in [1.29, 1.82) is 0 Å². The Morgan fingerprint density at radius 3 is 2.23 bits per heavy atom. The number of hydrogen-bond donors (Lipinski definition) is 0. The van der Waals surface area contributed by atoms with Crippen molar-refractivity contribution in [3.63, 3.8) is 0 Å². The second-order valence-electron chi connectivity index (χ2n) is 7.42. The van der Waals surface area contributed by atoms with Crippen LogP contribution in [0.3, 0.4) is 0 Å². The average molecular weight is 443 g/mol. The van der Waals surface area contributed by atoms with E-state index in [4.69, 9.17) is 4.74 Å². The fraction of sp³-hybridized carbons (Fsp3) is 0.217. The number of aromatic nitrogens is 1. The summed E-state index contributed by atoms with van der Waals surface area (Å²) in [7, 11) is -3.38. The number of rotatable bonds is 6. The zero-order valence-electron chi connectivity index (χ0n) is 17.5. The predicted molar refractivity (Wildman–Crippen MR) is 115 cm³/mol. The van der Waals surface area contributed by atoms with Gasteiger partial charge in [0.05, 0.1) is 22.3 Å². The third kappa shape index (κ3) is 4.74. The van der Waals surface area contributed by atoms with Gasteiger partial charge in [-0.1, -0.05) is 18.2 Å². The predicted octanol–water partition coefficient (Wildman–Crippen LogP) is 4.13. The number of sulfone groups is 1. The van der Waals surface area contributed by atoms with E-state index in [1.165, 1.54) is 36.4 Å². The van der Waals surface area contributed by atoms with Crippen molar-refractivity contribution in [1.82, 2.24) is 4.57 Å². The summed E-state index contributed by atoms with van der Waals surface area (Å²) >= 11 is 0. The molecule has 0 aliphatic carbocycles. The number of hydrogen-bond acceptors (Lipinski definition) is 5. The Hall–Kier alpha value is -3.26. The van der Waals surface area contributed by atoms with Crippen molar-refractivity contribution < 1.29 is 27.1 Å². The van der Waals surface area contributed by atoms with Gasteiger partial charge in [-0.25, -0.2) is 17.6 Å². The number of ketones is 1. The normalized spacial score (nSPS) is 11.5. The summed E-state index contributed by atoms with van der Waals surface area (Å²) in [6.07, 6.45) is 0.656. The van der Waals surface area contributed by atoms with Gasteiger partial charge >= 0.3 is 5.97 Å². The number of ether oxygens (including phenoxy) is 1. The van der Waals surface area contributed by atoms with E-state index < -0.39 is 33.5 Å². The summed E-state index contributed by atoms with van der Waals surface area (Å²) in [4.78, 5) is 25.1. The van der Waals surface area contributed by atoms with Gasteiger partial charge in [-0.05, 0) is 62.7 Å². The number of esters is 1. The number of carbonyl (C=O) groups excluding carboxylic acids is 2. The second-order valence-corrected chi connectivity index (χ2v) is 9.44. The Morgan fingerprint density at radius 1 is 1.03 bits per heavy atom. The van der Waals surface area contributed by atoms with E-state index in [9.17, 15) is 22.4 Å². The first-order chi connectivity index (χ1) is 14.5. The monoisotopic (exact) mass is 443 g/mol. The molecule has 0 N–H and O–H groups in total. The summed E-state index contributed by atoms with van der Waals surface area (Å²) in [5.41, 5.74) is 2.10. The molecule has 8 heteroatoms. The molecule has 2 aromatic carbocycles. The van der Waals surface area contributed by atoms with Gasteiger partial charge < -0.3 is 9.30 Å². The molecule has 6 nitrogen and oxygen atoms in total. The summed E-state index contributed by atoms with van der Waals surface area (Å²) in [5.74, 6) is -2.25. The molecule has 0 aliphatic rings. The maximum Gasteiger partial charge on any atom is 0.379 e. The molecule has 0 fully saturated rings. The molecule has 0 aliphatic heterocycles. The van der Waals surface area contributed by atoms with Crippen molar-refractivity contribution in [3.05, 3.63) is 71.7 Å². The van der Waals surface area contributed by atoms with Crippen LogP contribution in [-0.2, 0) is 19.4 Å². The summed E-state index contributed by atoms with van der Waals surface area (Å²) in [5, 5.41) is 0. The maximum atomic E-state index is 13.9. The molecule has 162 valence electrons. The molecular formula is C23H22FNO5S. The summed E-state index contributed by atoms with van der Waals surface area (Å²) < 4.78 is 44.1. The van der Waals surface area contributed by atoms with Gasteiger partial charge in [-0.15, -0.1) is 0 Å². The molecule has 0 spiro atoms. The lowest BCUT2D eigenvalue weighted by molar-refractivity contribution is -0.141. The van der Waals surface area contributed by atoms with Crippen LogP contribution < -0.4 is 0 Å². The van der Waals surface area contributed by atoms with Crippen LogP contribution in [0.15, 0.2) is 59.5 Å². The zero-order valence-corrected chi connectivity index (χ0v) is 18.4. The van der Waals surface area contributed by atoms with Crippen molar-refractivity contribution in [3.8, 4) is 16.9 Å². The Labute approximate surface area is 180 Å². The first kappa shape index (κ1) is 22.4. The van der Waals surface area contributed by atoms with Crippen LogP contribution in [0.2, 0.25) is 0 Å². The minimum Gasteiger partial charge on any atom is -0.457 e. The van der Waals surface area contributed by atoms with Crippen molar-refractivity contribution in [2.45, 2.75) is 31.8 Å². The smallest absolute Gasteiger partial charge is 0.379 e. The molecule has 0 atom stereocenters. The number of carbonyl (C=O) groups is 2. The van der Waals surface area contributed by atoms with E-state index in [2.05, 4.69) is 0 Å². The quantitative estimate of drug-likeness (QED) is 0.325. The number of Topliss-reactive ketones (excluding diaryl/α,β-unsaturated/α-hetero) is 1. The molecule has 0 saturated carbocycles. The fourth-order valence-corrected chi connectivity index (χ4v) is 3.88. The van der Waals surface area contributed by atoms with Crippen LogP contribution in [0.1, 0.15) is 29.9 Å². The summed E-state index contributed by atoms with van der Waals surface area (Å²) in [6, 6.07) is 13.5. The molecule has 1 aromatic heterocycles. The highest BCUT2D eigenvalue weighted by molar-refractivity contribution is 7.90. The minimum atomic E-state index is -3.38. The molecule has 1 heterocycles. The first-order valence-electron chi connectivity index (χ1n) is 9.53. The molecular weight excluding hydrogens is 421 g/mol. The van der Waals surface area contributed by atoms with Gasteiger partial charge in [0.1, 0.15) is 5.82 Å². The Balaban J connectivity index is 2.20. The number of nitrogens with zero attached hydrogens (tertiary/aromatic N) is 1. The van der Waals surface area contributed by atoms with Gasteiger partial charge in [0.2, 0.25) is 0 Å². The van der Waals surface area contributed by atoms with Gasteiger partial charge in [0.25, 0.3) is 5.78 Å². The van der Waals surface area contributed by atoms with E-state index >= 15 is 0 Å². The van der Waals surface area contributed by atoms with Crippen LogP contribution >= 0.6 is 0 Å². The Morgan fingerprint density at radius 2 is 1.68 bits per heavy atom. The van der Waals surface area contributed by atoms with Crippen LogP contribution in [0.4, 0.5) is 4.39 Å². The maximum absolute atomic E-state index is 13.9. The average Bonchev–Trinajstić information content (AvgIpc) is 3.03. The van der Waals surface area contributed by atoms with Crippen molar-refractivity contribution in [2.24, 2.45) is 0 Å². The molecule has 0 saturated heterocycles. The van der Waals surface area contributed by atoms with E-state index in [0.717, 1.165) is 6.26 Å². The standard InChI is InChI=1S/C23H22FNO5S/c1-14(2)30-23(27)22(26)20-13-21(16-8-10-19(11-9-16)31(4,28)29)25(15(20)3)18-7-5-6-17(24)12-18/h5-14H,1-4H3. The Bertz CT molecular complexity index is 1260. The van der Waals surface area contributed by atoms with Gasteiger partial charge in [0, 0.05) is 17.6 Å². The number of benzene rings is 2. The van der Waals surface area contributed by atoms with E-state index in [0.29, 0.717) is 22.6 Å². The SMILES string of the molecule is Cc1c(C(=O)C(=O)OC(C)C)cc(-c2ccc(S(C)(=O)=O)cc2)n1-c1cccc(F)c1. The highest BCUT2D eigenvalue weighted by Gasteiger charge is 2.26. The third-order valence-corrected chi connectivity index (χ3v) is 5.79. The van der Waals surface area contributed by atoms with Gasteiger partial charge in [0.15, 0.2) is 9.84 Å². The lowest BCUT2D eigenvalue weighted by Crippen LogP contribution is -2.21. The molecule has 31 heavy (non-hydrogen) atoms. The largest absolute Gasteiger partial charge is 0.457 e. The van der Waals surface area contributed by atoms with Crippen molar-refractivity contribution >= 4 is 21.6 Å². The van der Waals surface area contributed by atoms with E-state index in [1.807, 2.05) is 0 Å². The highest BCUT2D eigenvalue weighted by atomic mass is 32.2. The number of halogens is 1. The Kier molecular flexibility index (Phi) is 6.13. The molecule has 3 rings (SSSR count). The molecule has 3 aromatic rings. The lowest BCUT2D eigenvalue weighted by Gasteiger charge is -2.13. The topological polar surface area (TPSA) is 82.4 Å². The van der Waals surface area contributed by atoms with E-state index in [1.54, 1.807) is 43.5 Å².